The average Bonchev–Trinajstić information content (AvgIpc) is 3.27. The second-order valence-electron chi connectivity index (χ2n) is 6.94. The molecule has 2 aromatic rings. The van der Waals surface area contributed by atoms with E-state index in [1.165, 1.54) is 49.5 Å². The molecule has 0 saturated heterocycles. The zero-order valence-corrected chi connectivity index (χ0v) is 18.6. The maximum absolute atomic E-state index is 12.4. The number of hydrogen-bond donors (Lipinski definition) is 0. The van der Waals surface area contributed by atoms with Crippen LogP contribution >= 0.6 is 23.5 Å². The minimum atomic E-state index is -0.996. The van der Waals surface area contributed by atoms with Gasteiger partial charge in [0.25, 0.3) is 5.69 Å². The van der Waals surface area contributed by atoms with Gasteiger partial charge in [0.05, 0.1) is 15.5 Å². The lowest BCUT2D eigenvalue weighted by molar-refractivity contribution is -0.384. The number of nitrogens with zero attached hydrogens (tertiary/aromatic N) is 4. The molecule has 0 radical (unpaired) electrons. The summed E-state index contributed by atoms with van der Waals surface area (Å²) >= 11 is 2.58. The van der Waals surface area contributed by atoms with E-state index in [-0.39, 0.29) is 17.3 Å². The molecule has 0 unspecified atom stereocenters. The van der Waals surface area contributed by atoms with Crippen LogP contribution in [-0.2, 0) is 9.59 Å². The zero-order chi connectivity index (χ0) is 22.3. The SMILES string of the molecule is CC(=O)C1=NN(c2ccc([N+](=O)[O-])cc2)[C@@]2(S1)SC(C(C)=O)=C(C)N2c1ccccc1. The van der Waals surface area contributed by atoms with E-state index >= 15 is 0 Å². The number of rotatable bonds is 5. The first-order valence-electron chi connectivity index (χ1n) is 9.34. The minimum absolute atomic E-state index is 0.0434. The van der Waals surface area contributed by atoms with Crippen LogP contribution in [0.3, 0.4) is 0 Å². The summed E-state index contributed by atoms with van der Waals surface area (Å²) < 4.78 is -0.996. The molecule has 0 aromatic heterocycles. The maximum atomic E-state index is 12.4. The summed E-state index contributed by atoms with van der Waals surface area (Å²) in [5, 5.41) is 17.6. The number of hydrogen-bond acceptors (Lipinski definition) is 9. The first kappa shape index (κ1) is 21.1. The molecule has 1 atom stereocenters. The number of allylic oxidation sites excluding steroid dienone is 2. The molecule has 0 N–H and O–H groups in total. The Hall–Kier alpha value is -3.11. The Morgan fingerprint density at radius 2 is 1.61 bits per heavy atom. The number of carbonyl (C=O) groups excluding carboxylic acids is 2. The van der Waals surface area contributed by atoms with Gasteiger partial charge in [-0.1, -0.05) is 30.0 Å². The lowest BCUT2D eigenvalue weighted by Crippen LogP contribution is -2.49. The Morgan fingerprint density at radius 1 is 0.968 bits per heavy atom. The molecule has 0 bridgehead atoms. The maximum Gasteiger partial charge on any atom is 0.269 e. The van der Waals surface area contributed by atoms with E-state index in [1.807, 2.05) is 42.2 Å². The van der Waals surface area contributed by atoms with E-state index in [2.05, 4.69) is 5.10 Å². The highest BCUT2D eigenvalue weighted by Gasteiger charge is 2.57. The van der Waals surface area contributed by atoms with Crippen LogP contribution in [-0.4, -0.2) is 25.9 Å². The molecule has 0 saturated carbocycles. The van der Waals surface area contributed by atoms with Crippen LogP contribution in [0.15, 0.2) is 70.3 Å². The molecule has 2 heterocycles. The number of ketones is 2. The van der Waals surface area contributed by atoms with Gasteiger partial charge in [-0.05, 0) is 49.9 Å². The topological polar surface area (TPSA) is 96.1 Å². The third kappa shape index (κ3) is 3.51. The quantitative estimate of drug-likeness (QED) is 0.472. The van der Waals surface area contributed by atoms with Gasteiger partial charge < -0.3 is 4.90 Å². The van der Waals surface area contributed by atoms with E-state index < -0.39 is 9.25 Å². The number of benzene rings is 2. The highest BCUT2D eigenvalue weighted by Crippen LogP contribution is 2.60. The first-order chi connectivity index (χ1) is 14.7. The Morgan fingerprint density at radius 3 is 2.16 bits per heavy atom. The molecular weight excluding hydrogens is 436 g/mol. The third-order valence-electron chi connectivity index (χ3n) is 4.81. The molecule has 1 spiro atoms. The summed E-state index contributed by atoms with van der Waals surface area (Å²) in [5.74, 6) is -0.280. The summed E-state index contributed by atoms with van der Waals surface area (Å²) in [6.07, 6.45) is 0. The van der Waals surface area contributed by atoms with Crippen molar-refractivity contribution in [1.82, 2.24) is 0 Å². The molecule has 158 valence electrons. The Bertz CT molecular complexity index is 1150. The highest BCUT2D eigenvalue weighted by molar-refractivity contribution is 8.29. The van der Waals surface area contributed by atoms with Crippen molar-refractivity contribution in [2.45, 2.75) is 25.1 Å². The van der Waals surface area contributed by atoms with Crippen LogP contribution < -0.4 is 9.91 Å². The second-order valence-corrected chi connectivity index (χ2v) is 9.54. The van der Waals surface area contributed by atoms with Crippen molar-refractivity contribution >= 4 is 57.2 Å². The van der Waals surface area contributed by atoms with Crippen molar-refractivity contribution in [3.8, 4) is 0 Å². The smallest absolute Gasteiger partial charge is 0.269 e. The third-order valence-corrected chi connectivity index (χ3v) is 7.90. The summed E-state index contributed by atoms with van der Waals surface area (Å²) in [4.78, 5) is 37.9. The van der Waals surface area contributed by atoms with Crippen molar-refractivity contribution in [1.29, 1.82) is 0 Å². The van der Waals surface area contributed by atoms with Crippen LogP contribution in [0.1, 0.15) is 20.8 Å². The summed E-state index contributed by atoms with van der Waals surface area (Å²) in [7, 11) is 0. The van der Waals surface area contributed by atoms with E-state index in [0.717, 1.165) is 11.4 Å². The molecule has 0 aliphatic carbocycles. The number of anilines is 2. The zero-order valence-electron chi connectivity index (χ0n) is 16.9. The normalized spacial score (nSPS) is 20.4. The Balaban J connectivity index is 1.89. The van der Waals surface area contributed by atoms with Crippen LogP contribution in [0.2, 0.25) is 0 Å². The van der Waals surface area contributed by atoms with E-state index in [4.69, 9.17) is 0 Å². The standard InChI is InChI=1S/C21H18N4O4S2/c1-13-19(14(2)26)30-21(23(13)16-7-5-4-6-8-16)24(22-20(31-21)15(3)27)17-9-11-18(12-10-17)25(28)29/h4-12H,1-3H3/t21-/m1/s1. The summed E-state index contributed by atoms with van der Waals surface area (Å²) in [6.45, 7) is 4.82. The molecule has 4 rings (SSSR count). The number of hydrazone groups is 1. The average molecular weight is 455 g/mol. The summed E-state index contributed by atoms with van der Waals surface area (Å²) in [6, 6.07) is 15.5. The summed E-state index contributed by atoms with van der Waals surface area (Å²) in [5.41, 5.74) is 2.12. The fourth-order valence-corrected chi connectivity index (χ4v) is 6.41. The molecule has 31 heavy (non-hydrogen) atoms. The van der Waals surface area contributed by atoms with Gasteiger partial charge in [-0.25, -0.2) is 5.01 Å². The van der Waals surface area contributed by atoms with Gasteiger partial charge in [0, 0.05) is 30.4 Å². The fourth-order valence-electron chi connectivity index (χ4n) is 3.45. The van der Waals surface area contributed by atoms with Crippen molar-refractivity contribution < 1.29 is 14.5 Å². The minimum Gasteiger partial charge on any atom is -0.301 e. The van der Waals surface area contributed by atoms with Crippen LogP contribution in [0, 0.1) is 10.1 Å². The lowest BCUT2D eigenvalue weighted by Gasteiger charge is -2.41. The van der Waals surface area contributed by atoms with Gasteiger partial charge in [0.15, 0.2) is 16.6 Å². The fraction of sp³-hybridized carbons (Fsp3) is 0.190. The predicted octanol–water partition coefficient (Wildman–Crippen LogP) is 4.74. The molecule has 10 heteroatoms. The lowest BCUT2D eigenvalue weighted by atomic mass is 10.2. The number of para-hydroxylation sites is 1. The first-order valence-corrected chi connectivity index (χ1v) is 11.0. The molecule has 0 fully saturated rings. The molecule has 2 aromatic carbocycles. The number of carbonyl (C=O) groups is 2. The predicted molar refractivity (Wildman–Crippen MR) is 124 cm³/mol. The van der Waals surface area contributed by atoms with Crippen molar-refractivity contribution in [2.24, 2.45) is 5.10 Å². The second kappa shape index (κ2) is 7.86. The molecule has 0 amide bonds. The highest BCUT2D eigenvalue weighted by atomic mass is 32.2. The van der Waals surface area contributed by atoms with Crippen molar-refractivity contribution in [3.63, 3.8) is 0 Å². The van der Waals surface area contributed by atoms with Gasteiger partial charge in [0.2, 0.25) is 4.33 Å². The monoisotopic (exact) mass is 454 g/mol. The molecule has 2 aliphatic heterocycles. The Kier molecular flexibility index (Phi) is 5.36. The number of nitro benzene ring substituents is 1. The van der Waals surface area contributed by atoms with E-state index in [1.54, 1.807) is 17.1 Å². The Labute approximate surface area is 187 Å². The van der Waals surface area contributed by atoms with Crippen LogP contribution in [0.25, 0.3) is 0 Å². The van der Waals surface area contributed by atoms with Gasteiger partial charge in [-0.15, -0.1) is 0 Å². The number of thioether (sulfide) groups is 2. The van der Waals surface area contributed by atoms with E-state index in [0.29, 0.717) is 15.6 Å². The molecular formula is C21H18N4O4S2. The van der Waals surface area contributed by atoms with Gasteiger partial charge >= 0.3 is 0 Å². The number of Topliss-reactive ketones (excluding diaryl/α,β-unsaturated/α-hetero) is 2. The largest absolute Gasteiger partial charge is 0.301 e. The number of nitro groups is 1. The number of non-ortho nitro benzene ring substituents is 1. The van der Waals surface area contributed by atoms with Gasteiger partial charge in [0.1, 0.15) is 0 Å². The molecule has 8 nitrogen and oxygen atoms in total. The van der Waals surface area contributed by atoms with Crippen LogP contribution in [0.5, 0.6) is 0 Å². The molecule has 2 aliphatic rings. The van der Waals surface area contributed by atoms with E-state index in [9.17, 15) is 19.7 Å². The van der Waals surface area contributed by atoms with Gasteiger partial charge in [-0.3, -0.25) is 19.7 Å². The van der Waals surface area contributed by atoms with Crippen LogP contribution in [0.4, 0.5) is 17.1 Å². The van der Waals surface area contributed by atoms with Crippen molar-refractivity contribution in [2.75, 3.05) is 9.91 Å². The van der Waals surface area contributed by atoms with Crippen molar-refractivity contribution in [3.05, 3.63) is 75.3 Å². The van der Waals surface area contributed by atoms with Gasteiger partial charge in [-0.2, -0.15) is 5.10 Å².